The van der Waals surface area contributed by atoms with Gasteiger partial charge in [0.1, 0.15) is 23.1 Å². The Balaban J connectivity index is 2.37. The van der Waals surface area contributed by atoms with Crippen molar-refractivity contribution in [3.63, 3.8) is 0 Å². The molecule has 6 heteroatoms. The molecule has 3 aromatic rings. The Bertz CT molecular complexity index is 871. The molecule has 106 valence electrons. The topological polar surface area (TPSA) is 63.3 Å². The number of pyridine rings is 1. The van der Waals surface area contributed by atoms with Crippen molar-refractivity contribution in [2.45, 2.75) is 6.92 Å². The number of nitrogens with zero attached hydrogens (tertiary/aromatic N) is 1. The first-order chi connectivity index (χ1) is 9.95. The van der Waals surface area contributed by atoms with E-state index in [0.717, 1.165) is 6.07 Å². The van der Waals surface area contributed by atoms with Crippen LogP contribution in [0.2, 0.25) is 0 Å². The molecule has 21 heavy (non-hydrogen) atoms. The third kappa shape index (κ3) is 2.24. The van der Waals surface area contributed by atoms with E-state index in [1.807, 2.05) is 0 Å². The van der Waals surface area contributed by atoms with Gasteiger partial charge in [0, 0.05) is 12.1 Å². The zero-order valence-corrected chi connectivity index (χ0v) is 10.9. The number of hydrogen-bond acceptors (Lipinski definition) is 3. The first-order valence-electron chi connectivity index (χ1n) is 6.05. The highest BCUT2D eigenvalue weighted by Gasteiger charge is 2.18. The van der Waals surface area contributed by atoms with Crippen LogP contribution in [0.25, 0.3) is 22.4 Å². The highest BCUT2D eigenvalue weighted by molar-refractivity contribution is 6.03. The summed E-state index contributed by atoms with van der Waals surface area (Å²) in [7, 11) is 0. The van der Waals surface area contributed by atoms with Crippen LogP contribution in [0, 0.1) is 18.6 Å². The van der Waals surface area contributed by atoms with Crippen LogP contribution in [0.15, 0.2) is 34.7 Å². The number of carboxylic acids is 1. The van der Waals surface area contributed by atoms with Gasteiger partial charge < -0.3 is 9.52 Å². The van der Waals surface area contributed by atoms with Gasteiger partial charge in [0.25, 0.3) is 0 Å². The third-order valence-corrected chi connectivity index (χ3v) is 3.05. The second-order valence-electron chi connectivity index (χ2n) is 4.55. The van der Waals surface area contributed by atoms with Gasteiger partial charge in [0.05, 0.1) is 16.5 Å². The Hall–Kier alpha value is -2.76. The van der Waals surface area contributed by atoms with Crippen molar-refractivity contribution < 1.29 is 23.1 Å². The molecule has 0 aliphatic rings. The fourth-order valence-electron chi connectivity index (χ4n) is 2.15. The number of aromatic nitrogens is 1. The number of rotatable bonds is 2. The normalized spacial score (nSPS) is 11.0. The summed E-state index contributed by atoms with van der Waals surface area (Å²) in [6, 6.07) is 6.14. The Labute approximate surface area is 117 Å². The van der Waals surface area contributed by atoms with Crippen molar-refractivity contribution in [1.29, 1.82) is 0 Å². The van der Waals surface area contributed by atoms with Crippen molar-refractivity contribution in [2.75, 3.05) is 0 Å². The van der Waals surface area contributed by atoms with E-state index < -0.39 is 17.6 Å². The standard InChI is InChI=1S/C15H9F2NO3/c1-7-2-3-13(21-7)11-6-9(15(19)20)14-10(17)4-8(16)5-12(14)18-11/h2-6H,1H3,(H,19,20). The van der Waals surface area contributed by atoms with Crippen molar-refractivity contribution in [2.24, 2.45) is 0 Å². The summed E-state index contributed by atoms with van der Waals surface area (Å²) in [5, 5.41) is 9.01. The lowest BCUT2D eigenvalue weighted by Crippen LogP contribution is -2.02. The minimum atomic E-state index is -1.32. The molecule has 0 unspecified atom stereocenters. The molecule has 0 radical (unpaired) electrons. The SMILES string of the molecule is Cc1ccc(-c2cc(C(=O)O)c3c(F)cc(F)cc3n2)o1. The summed E-state index contributed by atoms with van der Waals surface area (Å²) >= 11 is 0. The van der Waals surface area contributed by atoms with Crippen LogP contribution < -0.4 is 0 Å². The number of halogens is 2. The van der Waals surface area contributed by atoms with Gasteiger partial charge in [-0.25, -0.2) is 18.6 Å². The largest absolute Gasteiger partial charge is 0.478 e. The second-order valence-corrected chi connectivity index (χ2v) is 4.55. The molecule has 0 bridgehead atoms. The van der Waals surface area contributed by atoms with Crippen molar-refractivity contribution in [3.8, 4) is 11.5 Å². The van der Waals surface area contributed by atoms with Crippen molar-refractivity contribution >= 4 is 16.9 Å². The summed E-state index contributed by atoms with van der Waals surface area (Å²) in [4.78, 5) is 15.4. The number of hydrogen-bond donors (Lipinski definition) is 1. The lowest BCUT2D eigenvalue weighted by molar-refractivity contribution is 0.0698. The minimum Gasteiger partial charge on any atom is -0.478 e. The van der Waals surface area contributed by atoms with Crippen LogP contribution >= 0.6 is 0 Å². The molecule has 1 N–H and O–H groups in total. The second kappa shape index (κ2) is 4.66. The third-order valence-electron chi connectivity index (χ3n) is 3.05. The molecule has 0 atom stereocenters. The van der Waals surface area contributed by atoms with Crippen molar-refractivity contribution in [1.82, 2.24) is 4.98 Å². The molecule has 4 nitrogen and oxygen atoms in total. The predicted molar refractivity (Wildman–Crippen MR) is 71.1 cm³/mol. The molecule has 0 aliphatic carbocycles. The van der Waals surface area contributed by atoms with Gasteiger partial charge in [-0.05, 0) is 25.1 Å². The fraction of sp³-hybridized carbons (Fsp3) is 0.0667. The van der Waals surface area contributed by atoms with Crippen LogP contribution in [0.3, 0.4) is 0 Å². The zero-order valence-electron chi connectivity index (χ0n) is 10.9. The van der Waals surface area contributed by atoms with Gasteiger partial charge >= 0.3 is 5.97 Å². The maximum atomic E-state index is 13.8. The predicted octanol–water partition coefficient (Wildman–Crippen LogP) is 3.78. The van der Waals surface area contributed by atoms with E-state index in [9.17, 15) is 18.7 Å². The number of carbonyl (C=O) groups is 1. The molecule has 2 aromatic heterocycles. The van der Waals surface area contributed by atoms with Crippen LogP contribution in [0.5, 0.6) is 0 Å². The minimum absolute atomic E-state index is 0.0727. The van der Waals surface area contributed by atoms with Gasteiger partial charge in [-0.1, -0.05) is 0 Å². The fourth-order valence-corrected chi connectivity index (χ4v) is 2.15. The van der Waals surface area contributed by atoms with Crippen LogP contribution in [0.1, 0.15) is 16.1 Å². The summed E-state index contributed by atoms with van der Waals surface area (Å²) in [5.74, 6) is -2.15. The van der Waals surface area contributed by atoms with E-state index >= 15 is 0 Å². The van der Waals surface area contributed by atoms with E-state index in [-0.39, 0.29) is 22.2 Å². The number of furan rings is 1. The zero-order chi connectivity index (χ0) is 15.1. The number of aromatic carboxylic acids is 1. The molecule has 3 rings (SSSR count). The van der Waals surface area contributed by atoms with E-state index in [0.29, 0.717) is 17.6 Å². The smallest absolute Gasteiger partial charge is 0.336 e. The van der Waals surface area contributed by atoms with E-state index in [4.69, 9.17) is 4.42 Å². The van der Waals surface area contributed by atoms with E-state index in [1.165, 1.54) is 6.07 Å². The molecule has 0 aliphatic heterocycles. The summed E-state index contributed by atoms with van der Waals surface area (Å²) in [5.41, 5.74) is -0.156. The Morgan fingerprint density at radius 1 is 1.24 bits per heavy atom. The quantitative estimate of drug-likeness (QED) is 0.779. The number of benzene rings is 1. The highest BCUT2D eigenvalue weighted by atomic mass is 19.1. The molecule has 0 saturated heterocycles. The molecular weight excluding hydrogens is 280 g/mol. The number of fused-ring (bicyclic) bond motifs is 1. The van der Waals surface area contributed by atoms with Crippen LogP contribution in [-0.4, -0.2) is 16.1 Å². The number of aryl methyl sites for hydroxylation is 1. The maximum Gasteiger partial charge on any atom is 0.336 e. The average molecular weight is 289 g/mol. The highest BCUT2D eigenvalue weighted by Crippen LogP contribution is 2.28. The van der Waals surface area contributed by atoms with Gasteiger partial charge in [-0.2, -0.15) is 0 Å². The summed E-state index contributed by atoms with van der Waals surface area (Å²) < 4.78 is 32.5. The lowest BCUT2D eigenvalue weighted by atomic mass is 10.1. The van der Waals surface area contributed by atoms with Gasteiger partial charge in [0.2, 0.25) is 0 Å². The maximum absolute atomic E-state index is 13.8. The molecule has 0 fully saturated rings. The molecule has 1 aromatic carbocycles. The number of carboxylic acid groups (broad SMARTS) is 1. The van der Waals surface area contributed by atoms with Gasteiger partial charge in [-0.3, -0.25) is 0 Å². The Kier molecular flexibility index (Phi) is 2.94. The monoisotopic (exact) mass is 289 g/mol. The molecule has 0 spiro atoms. The molecule has 2 heterocycles. The average Bonchev–Trinajstić information content (AvgIpc) is 2.83. The Morgan fingerprint density at radius 2 is 2.00 bits per heavy atom. The molecular formula is C15H9F2NO3. The molecule has 0 saturated carbocycles. The van der Waals surface area contributed by atoms with Gasteiger partial charge in [0.15, 0.2) is 5.76 Å². The van der Waals surface area contributed by atoms with E-state index in [1.54, 1.807) is 19.1 Å². The first-order valence-corrected chi connectivity index (χ1v) is 6.05. The van der Waals surface area contributed by atoms with E-state index in [2.05, 4.69) is 4.98 Å². The summed E-state index contributed by atoms with van der Waals surface area (Å²) in [6.45, 7) is 1.72. The lowest BCUT2D eigenvalue weighted by Gasteiger charge is -2.06. The summed E-state index contributed by atoms with van der Waals surface area (Å²) in [6.07, 6.45) is 0. The van der Waals surface area contributed by atoms with Crippen molar-refractivity contribution in [3.05, 3.63) is 53.3 Å². The first kappa shape index (κ1) is 13.2. The van der Waals surface area contributed by atoms with Crippen LogP contribution in [0.4, 0.5) is 8.78 Å². The van der Waals surface area contributed by atoms with Crippen LogP contribution in [-0.2, 0) is 0 Å². The molecule has 0 amide bonds. The Morgan fingerprint density at radius 3 is 2.62 bits per heavy atom. The van der Waals surface area contributed by atoms with Gasteiger partial charge in [-0.15, -0.1) is 0 Å².